The second-order valence-electron chi connectivity index (χ2n) is 11.1. The summed E-state index contributed by atoms with van der Waals surface area (Å²) in [6, 6.07) is 47.1. The molecule has 46 heavy (non-hydrogen) atoms. The van der Waals surface area contributed by atoms with E-state index in [9.17, 15) is 5.26 Å². The van der Waals surface area contributed by atoms with Crippen LogP contribution >= 0.6 is 11.3 Å². The SMILES string of the molecule is N#Cc1ccc2sc3c(-c4nc(-c5ccccc5)nc(-c5ccc6c(c5)oc5cccc(-c7ccccc7)c56)n4)cccc3c2c1. The number of thiophene rings is 1. The van der Waals surface area contributed by atoms with Gasteiger partial charge in [0.15, 0.2) is 17.5 Å². The van der Waals surface area contributed by atoms with Crippen molar-refractivity contribution < 1.29 is 4.42 Å². The zero-order chi connectivity index (χ0) is 30.6. The van der Waals surface area contributed by atoms with E-state index in [1.54, 1.807) is 11.3 Å². The molecule has 0 spiro atoms. The summed E-state index contributed by atoms with van der Waals surface area (Å²) in [6.07, 6.45) is 0. The molecule has 0 unspecified atom stereocenters. The molecule has 0 N–H and O–H groups in total. The number of nitrogens with zero attached hydrogens (tertiary/aromatic N) is 4. The molecule has 0 aliphatic heterocycles. The molecule has 9 rings (SSSR count). The van der Waals surface area contributed by atoms with E-state index in [4.69, 9.17) is 19.4 Å². The Balaban J connectivity index is 1.25. The van der Waals surface area contributed by atoms with Gasteiger partial charge in [-0.2, -0.15) is 5.26 Å². The molecule has 0 aliphatic rings. The fourth-order valence-electron chi connectivity index (χ4n) is 6.21. The van der Waals surface area contributed by atoms with E-state index in [-0.39, 0.29) is 0 Å². The van der Waals surface area contributed by atoms with Crippen LogP contribution in [0.15, 0.2) is 138 Å². The molecule has 6 heteroatoms. The first kappa shape index (κ1) is 26.3. The number of nitriles is 1. The molecule has 0 saturated carbocycles. The van der Waals surface area contributed by atoms with Crippen LogP contribution in [0.5, 0.6) is 0 Å². The topological polar surface area (TPSA) is 75.6 Å². The van der Waals surface area contributed by atoms with Crippen molar-refractivity contribution in [1.82, 2.24) is 15.0 Å². The summed E-state index contributed by atoms with van der Waals surface area (Å²) in [7, 11) is 0. The second-order valence-corrected chi connectivity index (χ2v) is 12.2. The maximum Gasteiger partial charge on any atom is 0.165 e. The van der Waals surface area contributed by atoms with E-state index < -0.39 is 0 Å². The van der Waals surface area contributed by atoms with Gasteiger partial charge in [-0.1, -0.05) is 91.0 Å². The third-order valence-electron chi connectivity index (χ3n) is 8.37. The highest BCUT2D eigenvalue weighted by molar-refractivity contribution is 7.26. The molecule has 0 radical (unpaired) electrons. The molecule has 0 atom stereocenters. The Labute approximate surface area is 267 Å². The van der Waals surface area contributed by atoms with Gasteiger partial charge in [0.2, 0.25) is 0 Å². The summed E-state index contributed by atoms with van der Waals surface area (Å²) in [5, 5.41) is 13.8. The van der Waals surface area contributed by atoms with Crippen molar-refractivity contribution in [3.63, 3.8) is 0 Å². The summed E-state index contributed by atoms with van der Waals surface area (Å²) < 4.78 is 8.61. The van der Waals surface area contributed by atoms with Crippen LogP contribution in [-0.4, -0.2) is 15.0 Å². The smallest absolute Gasteiger partial charge is 0.165 e. The Kier molecular flexibility index (Phi) is 5.98. The molecule has 9 aromatic rings. The molecule has 0 amide bonds. The van der Waals surface area contributed by atoms with Gasteiger partial charge in [0, 0.05) is 47.6 Å². The first-order valence-corrected chi connectivity index (χ1v) is 15.7. The monoisotopic (exact) mass is 606 g/mol. The highest BCUT2D eigenvalue weighted by Crippen LogP contribution is 2.41. The molecule has 3 aromatic heterocycles. The van der Waals surface area contributed by atoms with Crippen molar-refractivity contribution in [3.8, 4) is 51.4 Å². The normalized spacial score (nSPS) is 11.5. The maximum atomic E-state index is 9.51. The lowest BCUT2D eigenvalue weighted by molar-refractivity contribution is 0.669. The van der Waals surface area contributed by atoms with Crippen LogP contribution < -0.4 is 0 Å². The highest BCUT2D eigenvalue weighted by atomic mass is 32.1. The van der Waals surface area contributed by atoms with Crippen LogP contribution in [0.2, 0.25) is 0 Å². The maximum absolute atomic E-state index is 9.51. The van der Waals surface area contributed by atoms with E-state index >= 15 is 0 Å². The van der Waals surface area contributed by atoms with Crippen LogP contribution in [0.25, 0.3) is 87.4 Å². The van der Waals surface area contributed by atoms with E-state index in [0.29, 0.717) is 23.0 Å². The predicted molar refractivity (Wildman–Crippen MR) is 186 cm³/mol. The van der Waals surface area contributed by atoms with Crippen molar-refractivity contribution in [2.75, 3.05) is 0 Å². The molecule has 0 aliphatic carbocycles. The quantitative estimate of drug-likeness (QED) is 0.199. The molecule has 3 heterocycles. The minimum Gasteiger partial charge on any atom is -0.456 e. The van der Waals surface area contributed by atoms with Crippen LogP contribution in [0.3, 0.4) is 0 Å². The van der Waals surface area contributed by atoms with Crippen LogP contribution in [-0.2, 0) is 0 Å². The average molecular weight is 607 g/mol. The van der Waals surface area contributed by atoms with E-state index in [1.165, 1.54) is 0 Å². The Morgan fingerprint density at radius 3 is 2.04 bits per heavy atom. The first-order chi connectivity index (χ1) is 22.7. The van der Waals surface area contributed by atoms with Crippen molar-refractivity contribution in [2.45, 2.75) is 0 Å². The van der Waals surface area contributed by atoms with Gasteiger partial charge in [-0.25, -0.2) is 15.0 Å². The lowest BCUT2D eigenvalue weighted by Gasteiger charge is -2.09. The minimum absolute atomic E-state index is 0.569. The standard InChI is InChI=1S/C40H22N4OS/c41-23-24-17-20-35-32(21-24)29-14-7-15-31(37(29)46-35)40-43-38(26-11-5-2-6-12-26)42-39(44-40)27-18-19-30-34(22-27)45-33-16-8-13-28(36(30)33)25-9-3-1-4-10-25/h1-22H. The van der Waals surface area contributed by atoms with Crippen LogP contribution in [0, 0.1) is 11.3 Å². The predicted octanol–water partition coefficient (Wildman–Crippen LogP) is 10.7. The molecule has 6 aromatic carbocycles. The second kappa shape index (κ2) is 10.5. The van der Waals surface area contributed by atoms with Crippen LogP contribution in [0.4, 0.5) is 0 Å². The number of rotatable bonds is 4. The van der Waals surface area contributed by atoms with Gasteiger partial charge in [-0.15, -0.1) is 11.3 Å². The largest absolute Gasteiger partial charge is 0.456 e. The van der Waals surface area contributed by atoms with Crippen molar-refractivity contribution in [3.05, 3.63) is 139 Å². The molecular formula is C40H22N4OS. The van der Waals surface area contributed by atoms with Crippen molar-refractivity contribution >= 4 is 53.4 Å². The van der Waals surface area contributed by atoms with Gasteiger partial charge in [0.25, 0.3) is 0 Å². The lowest BCUT2D eigenvalue weighted by Crippen LogP contribution is -2.00. The summed E-state index contributed by atoms with van der Waals surface area (Å²) >= 11 is 1.68. The fraction of sp³-hybridized carbons (Fsp3) is 0. The molecule has 0 bridgehead atoms. The fourth-order valence-corrected chi connectivity index (χ4v) is 7.40. The van der Waals surface area contributed by atoms with Gasteiger partial charge in [0.1, 0.15) is 11.2 Å². The number of benzene rings is 6. The molecule has 0 fully saturated rings. The summed E-state index contributed by atoms with van der Waals surface area (Å²) in [5.74, 6) is 1.76. The number of furan rings is 1. The molecule has 0 saturated heterocycles. The lowest BCUT2D eigenvalue weighted by atomic mass is 9.99. The van der Waals surface area contributed by atoms with Crippen molar-refractivity contribution in [1.29, 1.82) is 5.26 Å². The van der Waals surface area contributed by atoms with E-state index in [2.05, 4.69) is 60.7 Å². The Bertz CT molecular complexity index is 2650. The van der Waals surface area contributed by atoms with Crippen LogP contribution in [0.1, 0.15) is 5.56 Å². The van der Waals surface area contributed by atoms with Crippen molar-refractivity contribution in [2.24, 2.45) is 0 Å². The van der Waals surface area contributed by atoms with E-state index in [0.717, 1.165) is 69.9 Å². The third-order valence-corrected chi connectivity index (χ3v) is 9.59. The summed E-state index contributed by atoms with van der Waals surface area (Å²) in [6.45, 7) is 0. The minimum atomic E-state index is 0.569. The summed E-state index contributed by atoms with van der Waals surface area (Å²) in [5.41, 5.74) is 7.22. The zero-order valence-electron chi connectivity index (χ0n) is 24.3. The number of hydrogen-bond donors (Lipinski definition) is 0. The third kappa shape index (κ3) is 4.26. The average Bonchev–Trinajstić information content (AvgIpc) is 3.69. The van der Waals surface area contributed by atoms with Gasteiger partial charge >= 0.3 is 0 Å². The number of hydrogen-bond acceptors (Lipinski definition) is 6. The van der Waals surface area contributed by atoms with Gasteiger partial charge in [-0.3, -0.25) is 0 Å². The van der Waals surface area contributed by atoms with Gasteiger partial charge in [0.05, 0.1) is 11.6 Å². The molecule has 214 valence electrons. The first-order valence-electron chi connectivity index (χ1n) is 14.9. The van der Waals surface area contributed by atoms with Gasteiger partial charge < -0.3 is 4.42 Å². The summed E-state index contributed by atoms with van der Waals surface area (Å²) in [4.78, 5) is 15.0. The Morgan fingerprint density at radius 1 is 0.522 bits per heavy atom. The number of fused-ring (bicyclic) bond motifs is 6. The van der Waals surface area contributed by atoms with Gasteiger partial charge in [-0.05, 0) is 53.6 Å². The zero-order valence-corrected chi connectivity index (χ0v) is 25.1. The molecule has 5 nitrogen and oxygen atoms in total. The van der Waals surface area contributed by atoms with E-state index in [1.807, 2.05) is 78.9 Å². The Hall–Kier alpha value is -6.16. The molecular weight excluding hydrogens is 585 g/mol. The number of aromatic nitrogens is 3. The Morgan fingerprint density at radius 2 is 1.24 bits per heavy atom. The highest BCUT2D eigenvalue weighted by Gasteiger charge is 2.18.